The molecule has 1 aliphatic carbocycles. The lowest BCUT2D eigenvalue weighted by Gasteiger charge is -2.41. The fraction of sp³-hybridized carbons (Fsp3) is 0.483. The van der Waals surface area contributed by atoms with Crippen molar-refractivity contribution in [2.45, 2.75) is 72.5 Å². The van der Waals surface area contributed by atoms with E-state index < -0.39 is 12.5 Å². The second-order valence-corrected chi connectivity index (χ2v) is 10.9. The van der Waals surface area contributed by atoms with E-state index in [-0.39, 0.29) is 5.91 Å². The molecule has 3 aromatic rings. The van der Waals surface area contributed by atoms with Crippen molar-refractivity contribution >= 4 is 28.9 Å². The second kappa shape index (κ2) is 10.7. The molecule has 1 fully saturated rings. The number of imidazole rings is 1. The van der Waals surface area contributed by atoms with Gasteiger partial charge in [-0.25, -0.2) is 4.98 Å². The topological polar surface area (TPSA) is 87.5 Å². The Morgan fingerprint density at radius 1 is 1.06 bits per heavy atom. The third-order valence-electron chi connectivity index (χ3n) is 7.54. The SMILES string of the molecule is CCn1c(N(Cc2ccc(C(=O)NCC(=O)O)cc2)C2CCC(C(C)(C)C)CC2)nc2ccccc21. The van der Waals surface area contributed by atoms with Crippen LogP contribution in [0.1, 0.15) is 69.3 Å². The van der Waals surface area contributed by atoms with Gasteiger partial charge in [0.25, 0.3) is 5.91 Å². The number of rotatable bonds is 8. The number of hydrogen-bond acceptors (Lipinski definition) is 4. The summed E-state index contributed by atoms with van der Waals surface area (Å²) in [6, 6.07) is 16.2. The number of nitrogens with one attached hydrogen (secondary N) is 1. The summed E-state index contributed by atoms with van der Waals surface area (Å²) in [5.41, 5.74) is 4.03. The summed E-state index contributed by atoms with van der Waals surface area (Å²) < 4.78 is 2.30. The van der Waals surface area contributed by atoms with Crippen LogP contribution < -0.4 is 10.2 Å². The average Bonchev–Trinajstić information content (AvgIpc) is 3.24. The Hall–Kier alpha value is -3.35. The van der Waals surface area contributed by atoms with Crippen LogP contribution in [0.25, 0.3) is 11.0 Å². The van der Waals surface area contributed by atoms with Gasteiger partial charge in [0.2, 0.25) is 5.95 Å². The zero-order valence-electron chi connectivity index (χ0n) is 21.8. The van der Waals surface area contributed by atoms with Crippen molar-refractivity contribution in [3.8, 4) is 0 Å². The first kappa shape index (κ1) is 25.7. The quantitative estimate of drug-likeness (QED) is 0.436. The zero-order chi connectivity index (χ0) is 25.9. The van der Waals surface area contributed by atoms with Gasteiger partial charge in [0, 0.05) is 24.7 Å². The van der Waals surface area contributed by atoms with Crippen molar-refractivity contribution in [1.82, 2.24) is 14.9 Å². The van der Waals surface area contributed by atoms with Crippen LogP contribution in [0.3, 0.4) is 0 Å². The Labute approximate surface area is 213 Å². The Bertz CT molecular complexity index is 1200. The van der Waals surface area contributed by atoms with Crippen molar-refractivity contribution in [3.05, 3.63) is 59.7 Å². The van der Waals surface area contributed by atoms with Crippen LogP contribution in [0.5, 0.6) is 0 Å². The highest BCUT2D eigenvalue weighted by Crippen LogP contribution is 2.40. The minimum absolute atomic E-state index is 0.323. The minimum Gasteiger partial charge on any atom is -0.480 e. The van der Waals surface area contributed by atoms with Gasteiger partial charge in [0.05, 0.1) is 11.0 Å². The number of amides is 1. The summed E-state index contributed by atoms with van der Waals surface area (Å²) in [6.45, 7) is 10.4. The first-order valence-corrected chi connectivity index (χ1v) is 13.0. The molecule has 1 saturated carbocycles. The number of carbonyl (C=O) groups is 2. The number of carboxylic acid groups (broad SMARTS) is 1. The standard InChI is InChI=1S/C29H38N4O3/c1-5-32-25-9-7-6-8-24(25)31-28(32)33(23-16-14-22(15-17-23)29(2,3)4)19-20-10-12-21(13-11-20)27(36)30-18-26(34)35/h6-13,22-23H,5,14-19H2,1-4H3,(H,30,36)(H,34,35). The van der Waals surface area contributed by atoms with Crippen LogP contribution in [0.4, 0.5) is 5.95 Å². The van der Waals surface area contributed by atoms with Gasteiger partial charge in [-0.1, -0.05) is 45.0 Å². The van der Waals surface area contributed by atoms with Gasteiger partial charge in [-0.3, -0.25) is 9.59 Å². The molecular formula is C29H38N4O3. The molecule has 0 spiro atoms. The molecule has 36 heavy (non-hydrogen) atoms. The molecular weight excluding hydrogens is 452 g/mol. The fourth-order valence-electron chi connectivity index (χ4n) is 5.43. The summed E-state index contributed by atoms with van der Waals surface area (Å²) in [5, 5.41) is 11.2. The number of aryl methyl sites for hydroxylation is 1. The maximum atomic E-state index is 12.2. The van der Waals surface area contributed by atoms with E-state index in [1.165, 1.54) is 12.8 Å². The molecule has 1 heterocycles. The number of carbonyl (C=O) groups excluding carboxylic acids is 1. The fourth-order valence-corrected chi connectivity index (χ4v) is 5.43. The molecule has 192 valence electrons. The minimum atomic E-state index is -1.06. The average molecular weight is 491 g/mol. The molecule has 1 aliphatic rings. The van der Waals surface area contributed by atoms with Gasteiger partial charge in [0.1, 0.15) is 6.54 Å². The van der Waals surface area contributed by atoms with E-state index in [2.05, 4.69) is 60.7 Å². The molecule has 0 atom stereocenters. The molecule has 2 aromatic carbocycles. The summed E-state index contributed by atoms with van der Waals surface area (Å²) in [6.07, 6.45) is 4.68. The van der Waals surface area contributed by atoms with E-state index in [0.29, 0.717) is 23.6 Å². The van der Waals surface area contributed by atoms with Crippen molar-refractivity contribution in [2.24, 2.45) is 11.3 Å². The number of para-hydroxylation sites is 2. The number of nitrogens with zero attached hydrogens (tertiary/aromatic N) is 3. The maximum absolute atomic E-state index is 12.2. The van der Waals surface area contributed by atoms with Crippen molar-refractivity contribution in [3.63, 3.8) is 0 Å². The number of aromatic nitrogens is 2. The van der Waals surface area contributed by atoms with E-state index in [4.69, 9.17) is 10.1 Å². The molecule has 7 nitrogen and oxygen atoms in total. The normalized spacial score (nSPS) is 18.2. The second-order valence-electron chi connectivity index (χ2n) is 10.9. The number of anilines is 1. The van der Waals surface area contributed by atoms with Crippen molar-refractivity contribution < 1.29 is 14.7 Å². The monoisotopic (exact) mass is 490 g/mol. The third-order valence-corrected chi connectivity index (χ3v) is 7.54. The predicted molar refractivity (Wildman–Crippen MR) is 143 cm³/mol. The lowest BCUT2D eigenvalue weighted by Crippen LogP contribution is -2.41. The maximum Gasteiger partial charge on any atom is 0.322 e. The lowest BCUT2D eigenvalue weighted by molar-refractivity contribution is -0.135. The van der Waals surface area contributed by atoms with Crippen LogP contribution in [0, 0.1) is 11.3 Å². The van der Waals surface area contributed by atoms with E-state index in [1.54, 1.807) is 12.1 Å². The first-order valence-electron chi connectivity index (χ1n) is 13.0. The first-order chi connectivity index (χ1) is 17.2. The Kier molecular flexibility index (Phi) is 7.67. The van der Waals surface area contributed by atoms with Crippen molar-refractivity contribution in [1.29, 1.82) is 0 Å². The highest BCUT2D eigenvalue weighted by Gasteiger charge is 2.33. The summed E-state index contributed by atoms with van der Waals surface area (Å²) in [5.74, 6) is 0.287. The smallest absolute Gasteiger partial charge is 0.322 e. The van der Waals surface area contributed by atoms with Crippen LogP contribution in [0.2, 0.25) is 0 Å². The summed E-state index contributed by atoms with van der Waals surface area (Å²) in [4.78, 5) is 30.5. The largest absolute Gasteiger partial charge is 0.480 e. The van der Waals surface area contributed by atoms with Gasteiger partial charge in [-0.2, -0.15) is 0 Å². The van der Waals surface area contributed by atoms with Gasteiger partial charge in [0.15, 0.2) is 0 Å². The van der Waals surface area contributed by atoms with Gasteiger partial charge < -0.3 is 19.9 Å². The summed E-state index contributed by atoms with van der Waals surface area (Å²) >= 11 is 0. The number of aliphatic carboxylic acids is 1. The van der Waals surface area contributed by atoms with E-state index in [1.807, 2.05) is 18.2 Å². The highest BCUT2D eigenvalue weighted by molar-refractivity contribution is 5.95. The molecule has 0 bridgehead atoms. The molecule has 7 heteroatoms. The Balaban J connectivity index is 1.61. The Morgan fingerprint density at radius 3 is 2.33 bits per heavy atom. The zero-order valence-corrected chi connectivity index (χ0v) is 21.8. The number of hydrogen-bond donors (Lipinski definition) is 2. The van der Waals surface area contributed by atoms with E-state index in [9.17, 15) is 9.59 Å². The molecule has 0 unspecified atom stereocenters. The molecule has 1 amide bonds. The van der Waals surface area contributed by atoms with Crippen LogP contribution in [-0.2, 0) is 17.9 Å². The number of benzene rings is 2. The van der Waals surface area contributed by atoms with Gasteiger partial charge >= 0.3 is 5.97 Å². The highest BCUT2D eigenvalue weighted by atomic mass is 16.4. The third kappa shape index (κ3) is 5.72. The molecule has 0 aliphatic heterocycles. The number of fused-ring (bicyclic) bond motifs is 1. The van der Waals surface area contributed by atoms with E-state index in [0.717, 1.165) is 47.8 Å². The Morgan fingerprint density at radius 2 is 1.72 bits per heavy atom. The van der Waals surface area contributed by atoms with Crippen LogP contribution in [0.15, 0.2) is 48.5 Å². The molecule has 0 saturated heterocycles. The molecule has 2 N–H and O–H groups in total. The van der Waals surface area contributed by atoms with Gasteiger partial charge in [-0.05, 0) is 73.8 Å². The molecule has 1 aromatic heterocycles. The van der Waals surface area contributed by atoms with Crippen LogP contribution in [-0.4, -0.2) is 39.1 Å². The lowest BCUT2D eigenvalue weighted by atomic mass is 9.71. The van der Waals surface area contributed by atoms with Gasteiger partial charge in [-0.15, -0.1) is 0 Å². The number of carboxylic acids is 1. The van der Waals surface area contributed by atoms with Crippen LogP contribution >= 0.6 is 0 Å². The molecule has 0 radical (unpaired) electrons. The van der Waals surface area contributed by atoms with E-state index >= 15 is 0 Å². The molecule has 4 rings (SSSR count). The van der Waals surface area contributed by atoms with Crippen molar-refractivity contribution in [2.75, 3.05) is 11.4 Å². The predicted octanol–water partition coefficient (Wildman–Crippen LogP) is 5.48. The summed E-state index contributed by atoms with van der Waals surface area (Å²) in [7, 11) is 0.